The zero-order valence-corrected chi connectivity index (χ0v) is 12.2. The Morgan fingerprint density at radius 3 is 2.26 bits per heavy atom. The van der Waals surface area contributed by atoms with Gasteiger partial charge in [-0.1, -0.05) is 27.2 Å². The molecule has 0 fully saturated rings. The number of hydrogen-bond acceptors (Lipinski definition) is 3. The monoisotopic (exact) mass is 274 g/mol. The van der Waals surface area contributed by atoms with Crippen molar-refractivity contribution in [1.82, 2.24) is 10.6 Å². The maximum absolute atomic E-state index is 11.8. The first-order chi connectivity index (χ1) is 8.92. The molecule has 0 heterocycles. The van der Waals surface area contributed by atoms with Crippen molar-refractivity contribution in [2.75, 3.05) is 13.2 Å². The predicted octanol–water partition coefficient (Wildman–Crippen LogP) is 1.60. The van der Waals surface area contributed by atoms with E-state index in [4.69, 9.17) is 9.84 Å². The molecule has 0 aliphatic carbocycles. The van der Waals surface area contributed by atoms with Crippen LogP contribution in [0.5, 0.6) is 0 Å². The maximum atomic E-state index is 11.8. The summed E-state index contributed by atoms with van der Waals surface area (Å²) in [5.74, 6) is -0.797. The fraction of sp³-hybridized carbons (Fsp3) is 0.846. The van der Waals surface area contributed by atoms with E-state index in [9.17, 15) is 9.59 Å². The quantitative estimate of drug-likeness (QED) is 0.596. The number of nitrogens with one attached hydrogen (secondary N) is 2. The van der Waals surface area contributed by atoms with E-state index in [1.165, 1.54) is 0 Å². The van der Waals surface area contributed by atoms with Gasteiger partial charge in [0.05, 0.1) is 12.6 Å². The van der Waals surface area contributed by atoms with E-state index in [-0.39, 0.29) is 12.0 Å². The molecule has 6 nitrogen and oxygen atoms in total. The van der Waals surface area contributed by atoms with Crippen molar-refractivity contribution in [2.24, 2.45) is 5.92 Å². The molecule has 0 saturated heterocycles. The van der Waals surface area contributed by atoms with Crippen LogP contribution >= 0.6 is 0 Å². The molecule has 0 aromatic carbocycles. The number of hydrogen-bond donors (Lipinski definition) is 3. The number of carbonyl (C=O) groups is 2. The van der Waals surface area contributed by atoms with Crippen LogP contribution < -0.4 is 10.6 Å². The van der Waals surface area contributed by atoms with Gasteiger partial charge >= 0.3 is 12.0 Å². The third kappa shape index (κ3) is 7.66. The summed E-state index contributed by atoms with van der Waals surface area (Å²) in [6, 6.07) is -1.43. The van der Waals surface area contributed by atoms with Crippen molar-refractivity contribution >= 4 is 12.0 Å². The molecule has 0 aromatic heterocycles. The molecule has 0 aliphatic rings. The molecule has 2 amide bonds. The first kappa shape index (κ1) is 17.7. The number of urea groups is 1. The van der Waals surface area contributed by atoms with E-state index < -0.39 is 18.0 Å². The van der Waals surface area contributed by atoms with Crippen molar-refractivity contribution in [1.29, 1.82) is 0 Å². The number of aliphatic carboxylic acids is 1. The lowest BCUT2D eigenvalue weighted by atomic mass is 10.1. The number of carboxylic acids is 1. The van der Waals surface area contributed by atoms with Gasteiger partial charge in [0.25, 0.3) is 0 Å². The highest BCUT2D eigenvalue weighted by Gasteiger charge is 2.21. The Morgan fingerprint density at radius 2 is 1.84 bits per heavy atom. The lowest BCUT2D eigenvalue weighted by molar-refractivity contribution is -0.139. The van der Waals surface area contributed by atoms with E-state index in [2.05, 4.69) is 10.6 Å². The van der Waals surface area contributed by atoms with Gasteiger partial charge in [0.15, 0.2) is 0 Å². The van der Waals surface area contributed by atoms with Gasteiger partial charge in [-0.25, -0.2) is 9.59 Å². The summed E-state index contributed by atoms with van der Waals surface area (Å²) in [5.41, 5.74) is 0. The highest BCUT2D eigenvalue weighted by atomic mass is 16.5. The average molecular weight is 274 g/mol. The van der Waals surface area contributed by atoms with Crippen LogP contribution in [0.4, 0.5) is 4.79 Å². The molecule has 0 rings (SSSR count). The number of carboxylic acid groups (broad SMARTS) is 1. The van der Waals surface area contributed by atoms with Crippen LogP contribution in [0.3, 0.4) is 0 Å². The number of amides is 2. The summed E-state index contributed by atoms with van der Waals surface area (Å²) in [6.07, 6.45) is 1.12. The van der Waals surface area contributed by atoms with E-state index >= 15 is 0 Å². The van der Waals surface area contributed by atoms with Crippen LogP contribution in [0, 0.1) is 5.92 Å². The Morgan fingerprint density at radius 1 is 1.21 bits per heavy atom. The second-order valence-corrected chi connectivity index (χ2v) is 4.81. The normalized spacial score (nSPS) is 13.9. The van der Waals surface area contributed by atoms with E-state index in [1.54, 1.807) is 0 Å². The standard InChI is InChI=1S/C13H26N2O4/c1-5-7-10(12(16)17)14-13(18)15-11(9(3)4)8-19-6-2/h9-11H,5-8H2,1-4H3,(H,16,17)(H2,14,15,18)/t10-,11?/m0/s1. The van der Waals surface area contributed by atoms with Crippen molar-refractivity contribution in [2.45, 2.75) is 52.6 Å². The molecule has 0 aromatic rings. The molecule has 6 heteroatoms. The van der Waals surface area contributed by atoms with Crippen LogP contribution in [0.15, 0.2) is 0 Å². The van der Waals surface area contributed by atoms with E-state index in [0.29, 0.717) is 26.1 Å². The lowest BCUT2D eigenvalue weighted by Crippen LogP contribution is -2.51. The first-order valence-electron chi connectivity index (χ1n) is 6.79. The average Bonchev–Trinajstić information content (AvgIpc) is 2.33. The van der Waals surface area contributed by atoms with Crippen LogP contribution in [-0.2, 0) is 9.53 Å². The Kier molecular flexibility index (Phi) is 8.95. The summed E-state index contributed by atoms with van der Waals surface area (Å²) < 4.78 is 5.30. The molecular weight excluding hydrogens is 248 g/mol. The maximum Gasteiger partial charge on any atom is 0.326 e. The Bertz CT molecular complexity index is 282. The zero-order chi connectivity index (χ0) is 14.8. The number of carbonyl (C=O) groups excluding carboxylic acids is 1. The molecule has 19 heavy (non-hydrogen) atoms. The van der Waals surface area contributed by atoms with Crippen LogP contribution in [0.2, 0.25) is 0 Å². The van der Waals surface area contributed by atoms with Crippen molar-refractivity contribution in [3.63, 3.8) is 0 Å². The Balaban J connectivity index is 4.34. The summed E-state index contributed by atoms with van der Waals surface area (Å²) in [5, 5.41) is 14.2. The fourth-order valence-corrected chi connectivity index (χ4v) is 1.56. The summed E-state index contributed by atoms with van der Waals surface area (Å²) in [4.78, 5) is 22.7. The van der Waals surface area contributed by atoms with Crippen LogP contribution in [-0.4, -0.2) is 42.4 Å². The highest BCUT2D eigenvalue weighted by Crippen LogP contribution is 2.03. The lowest BCUT2D eigenvalue weighted by Gasteiger charge is -2.23. The van der Waals surface area contributed by atoms with Gasteiger partial charge in [0.1, 0.15) is 6.04 Å². The van der Waals surface area contributed by atoms with Gasteiger partial charge in [0, 0.05) is 6.61 Å². The van der Waals surface area contributed by atoms with Gasteiger partial charge in [-0.3, -0.25) is 0 Å². The highest BCUT2D eigenvalue weighted by molar-refractivity contribution is 5.82. The molecule has 0 radical (unpaired) electrons. The zero-order valence-electron chi connectivity index (χ0n) is 12.2. The van der Waals surface area contributed by atoms with Crippen molar-refractivity contribution in [3.8, 4) is 0 Å². The number of ether oxygens (including phenoxy) is 1. The molecule has 3 N–H and O–H groups in total. The van der Waals surface area contributed by atoms with Crippen molar-refractivity contribution < 1.29 is 19.4 Å². The second-order valence-electron chi connectivity index (χ2n) is 4.81. The third-order valence-corrected chi connectivity index (χ3v) is 2.80. The van der Waals surface area contributed by atoms with E-state index in [0.717, 1.165) is 0 Å². The Hall–Kier alpha value is -1.30. The molecule has 1 unspecified atom stereocenters. The molecular formula is C13H26N2O4. The molecule has 0 bridgehead atoms. The first-order valence-corrected chi connectivity index (χ1v) is 6.79. The largest absolute Gasteiger partial charge is 0.480 e. The van der Waals surface area contributed by atoms with Crippen molar-refractivity contribution in [3.05, 3.63) is 0 Å². The van der Waals surface area contributed by atoms with Gasteiger partial charge in [-0.2, -0.15) is 0 Å². The molecule has 112 valence electrons. The van der Waals surface area contributed by atoms with Gasteiger partial charge in [-0.15, -0.1) is 0 Å². The second kappa shape index (κ2) is 9.61. The minimum Gasteiger partial charge on any atom is -0.480 e. The summed E-state index contributed by atoms with van der Waals surface area (Å²) >= 11 is 0. The Labute approximate surface area is 114 Å². The molecule has 0 saturated carbocycles. The van der Waals surface area contributed by atoms with Crippen LogP contribution in [0.1, 0.15) is 40.5 Å². The fourth-order valence-electron chi connectivity index (χ4n) is 1.56. The molecule has 2 atom stereocenters. The van der Waals surface area contributed by atoms with Crippen LogP contribution in [0.25, 0.3) is 0 Å². The minimum atomic E-state index is -1.01. The van der Waals surface area contributed by atoms with Gasteiger partial charge in [-0.05, 0) is 19.3 Å². The van der Waals surface area contributed by atoms with Gasteiger partial charge < -0.3 is 20.5 Å². The van der Waals surface area contributed by atoms with Gasteiger partial charge in [0.2, 0.25) is 0 Å². The minimum absolute atomic E-state index is 0.129. The summed E-state index contributed by atoms with van der Waals surface area (Å²) in [6.45, 7) is 8.73. The smallest absolute Gasteiger partial charge is 0.326 e. The number of rotatable bonds is 9. The van der Waals surface area contributed by atoms with E-state index in [1.807, 2.05) is 27.7 Å². The summed E-state index contributed by atoms with van der Waals surface area (Å²) in [7, 11) is 0. The SMILES string of the molecule is CCC[C@H](NC(=O)NC(COCC)C(C)C)C(=O)O. The molecule has 0 spiro atoms. The topological polar surface area (TPSA) is 87.7 Å². The third-order valence-electron chi connectivity index (χ3n) is 2.80. The molecule has 0 aliphatic heterocycles. The predicted molar refractivity (Wildman–Crippen MR) is 73.1 cm³/mol.